The molecule has 1 aromatic carbocycles. The SMILES string of the molecule is CCCCCCCOc1ccc(C(=O)N2CC(C)CC(C)C2)cc1. The molecule has 134 valence electrons. The smallest absolute Gasteiger partial charge is 0.253 e. The van der Waals surface area contributed by atoms with Gasteiger partial charge in [-0.3, -0.25) is 4.79 Å². The van der Waals surface area contributed by atoms with Crippen molar-refractivity contribution in [2.45, 2.75) is 59.3 Å². The van der Waals surface area contributed by atoms with Gasteiger partial charge >= 0.3 is 0 Å². The molecule has 0 spiro atoms. The molecule has 1 amide bonds. The summed E-state index contributed by atoms with van der Waals surface area (Å²) in [5.41, 5.74) is 0.770. The summed E-state index contributed by atoms with van der Waals surface area (Å²) in [6.07, 6.45) is 7.42. The minimum absolute atomic E-state index is 0.152. The van der Waals surface area contributed by atoms with Crippen LogP contribution in [0, 0.1) is 11.8 Å². The van der Waals surface area contributed by atoms with Crippen LogP contribution in [0.3, 0.4) is 0 Å². The number of carbonyl (C=O) groups excluding carboxylic acids is 1. The van der Waals surface area contributed by atoms with E-state index < -0.39 is 0 Å². The van der Waals surface area contributed by atoms with Crippen LogP contribution in [0.4, 0.5) is 0 Å². The lowest BCUT2D eigenvalue weighted by Crippen LogP contribution is -2.42. The number of hydrogen-bond acceptors (Lipinski definition) is 2. The second-order valence-electron chi connectivity index (χ2n) is 7.44. The summed E-state index contributed by atoms with van der Waals surface area (Å²) in [5.74, 6) is 2.20. The van der Waals surface area contributed by atoms with E-state index in [2.05, 4.69) is 20.8 Å². The Balaban J connectivity index is 1.79. The van der Waals surface area contributed by atoms with Gasteiger partial charge in [-0.05, 0) is 48.9 Å². The van der Waals surface area contributed by atoms with Gasteiger partial charge in [0, 0.05) is 18.7 Å². The van der Waals surface area contributed by atoms with Gasteiger partial charge in [0.25, 0.3) is 5.91 Å². The summed E-state index contributed by atoms with van der Waals surface area (Å²) in [6, 6.07) is 7.66. The van der Waals surface area contributed by atoms with Crippen LogP contribution in [0.15, 0.2) is 24.3 Å². The van der Waals surface area contributed by atoms with Gasteiger partial charge in [-0.15, -0.1) is 0 Å². The highest BCUT2D eigenvalue weighted by Crippen LogP contribution is 2.23. The maximum atomic E-state index is 12.6. The van der Waals surface area contributed by atoms with E-state index in [4.69, 9.17) is 4.74 Å². The predicted molar refractivity (Wildman–Crippen MR) is 99.5 cm³/mol. The Morgan fingerprint density at radius 1 is 1.04 bits per heavy atom. The number of likely N-dealkylation sites (tertiary alicyclic amines) is 1. The van der Waals surface area contributed by atoms with Crippen LogP contribution in [0.25, 0.3) is 0 Å². The summed E-state index contributed by atoms with van der Waals surface area (Å²) >= 11 is 0. The molecule has 3 heteroatoms. The molecular formula is C21H33NO2. The number of hydrogen-bond donors (Lipinski definition) is 0. The van der Waals surface area contributed by atoms with Gasteiger partial charge < -0.3 is 9.64 Å². The molecule has 1 aromatic rings. The molecule has 1 saturated heterocycles. The van der Waals surface area contributed by atoms with Crippen molar-refractivity contribution in [2.75, 3.05) is 19.7 Å². The summed E-state index contributed by atoms with van der Waals surface area (Å²) < 4.78 is 5.78. The molecule has 0 bridgehead atoms. The molecule has 0 N–H and O–H groups in total. The van der Waals surface area contributed by atoms with Gasteiger partial charge in [0.05, 0.1) is 6.61 Å². The van der Waals surface area contributed by atoms with Gasteiger partial charge in [-0.2, -0.15) is 0 Å². The highest BCUT2D eigenvalue weighted by molar-refractivity contribution is 5.94. The standard InChI is InChI=1S/C21H33NO2/c1-4-5-6-7-8-13-24-20-11-9-19(10-12-20)21(23)22-15-17(2)14-18(3)16-22/h9-12,17-18H,4-8,13-16H2,1-3H3. The molecule has 1 fully saturated rings. The lowest BCUT2D eigenvalue weighted by molar-refractivity contribution is 0.0623. The fourth-order valence-electron chi connectivity index (χ4n) is 3.60. The molecule has 1 aliphatic rings. The zero-order valence-electron chi connectivity index (χ0n) is 15.6. The van der Waals surface area contributed by atoms with Crippen LogP contribution in [0.2, 0.25) is 0 Å². The molecule has 1 heterocycles. The fourth-order valence-corrected chi connectivity index (χ4v) is 3.60. The third kappa shape index (κ3) is 5.85. The molecule has 0 aromatic heterocycles. The Morgan fingerprint density at radius 3 is 2.29 bits per heavy atom. The van der Waals surface area contributed by atoms with Crippen molar-refractivity contribution in [2.24, 2.45) is 11.8 Å². The van der Waals surface area contributed by atoms with E-state index in [1.54, 1.807) is 0 Å². The van der Waals surface area contributed by atoms with Crippen molar-refractivity contribution < 1.29 is 9.53 Å². The first kappa shape index (κ1) is 18.8. The summed E-state index contributed by atoms with van der Waals surface area (Å²) in [5, 5.41) is 0. The number of nitrogens with zero attached hydrogens (tertiary/aromatic N) is 1. The largest absolute Gasteiger partial charge is 0.494 e. The molecular weight excluding hydrogens is 298 g/mol. The Kier molecular flexibility index (Phi) is 7.61. The van der Waals surface area contributed by atoms with Gasteiger partial charge in [0.2, 0.25) is 0 Å². The van der Waals surface area contributed by atoms with Crippen molar-refractivity contribution >= 4 is 5.91 Å². The fraction of sp³-hybridized carbons (Fsp3) is 0.667. The van der Waals surface area contributed by atoms with Crippen molar-refractivity contribution in [3.05, 3.63) is 29.8 Å². The highest BCUT2D eigenvalue weighted by Gasteiger charge is 2.25. The van der Waals surface area contributed by atoms with E-state index >= 15 is 0 Å². The highest BCUT2D eigenvalue weighted by atomic mass is 16.5. The van der Waals surface area contributed by atoms with Crippen LogP contribution in [-0.2, 0) is 0 Å². The lowest BCUT2D eigenvalue weighted by Gasteiger charge is -2.35. The lowest BCUT2D eigenvalue weighted by atomic mass is 9.91. The van der Waals surface area contributed by atoms with E-state index in [-0.39, 0.29) is 5.91 Å². The predicted octanol–water partition coefficient (Wildman–Crippen LogP) is 5.15. The number of carbonyl (C=O) groups is 1. The van der Waals surface area contributed by atoms with Crippen LogP contribution < -0.4 is 4.74 Å². The number of benzene rings is 1. The number of unbranched alkanes of at least 4 members (excludes halogenated alkanes) is 4. The molecule has 0 aliphatic carbocycles. The van der Waals surface area contributed by atoms with Crippen molar-refractivity contribution in [1.82, 2.24) is 4.90 Å². The Bertz CT molecular complexity index is 487. The van der Waals surface area contributed by atoms with Crippen LogP contribution in [-0.4, -0.2) is 30.5 Å². The second kappa shape index (κ2) is 9.71. The van der Waals surface area contributed by atoms with Crippen molar-refractivity contribution in [3.8, 4) is 5.75 Å². The molecule has 24 heavy (non-hydrogen) atoms. The van der Waals surface area contributed by atoms with Crippen LogP contribution in [0.5, 0.6) is 5.75 Å². The van der Waals surface area contributed by atoms with Gasteiger partial charge in [-0.1, -0.05) is 46.5 Å². The molecule has 3 nitrogen and oxygen atoms in total. The first-order chi connectivity index (χ1) is 11.6. The molecule has 1 aliphatic heterocycles. The molecule has 0 radical (unpaired) electrons. The number of ether oxygens (including phenoxy) is 1. The second-order valence-corrected chi connectivity index (χ2v) is 7.44. The Hall–Kier alpha value is -1.51. The summed E-state index contributed by atoms with van der Waals surface area (Å²) in [4.78, 5) is 14.7. The Labute approximate surface area is 147 Å². The monoisotopic (exact) mass is 331 g/mol. The van der Waals surface area contributed by atoms with Crippen molar-refractivity contribution in [3.63, 3.8) is 0 Å². The number of amides is 1. The van der Waals surface area contributed by atoms with Crippen LogP contribution in [0.1, 0.15) is 69.7 Å². The minimum atomic E-state index is 0.152. The first-order valence-electron chi connectivity index (χ1n) is 9.62. The van der Waals surface area contributed by atoms with Crippen molar-refractivity contribution in [1.29, 1.82) is 0 Å². The van der Waals surface area contributed by atoms with Gasteiger partial charge in [-0.25, -0.2) is 0 Å². The number of piperidine rings is 1. The minimum Gasteiger partial charge on any atom is -0.494 e. The van der Waals surface area contributed by atoms with E-state index in [1.807, 2.05) is 29.2 Å². The molecule has 2 unspecified atom stereocenters. The zero-order valence-corrected chi connectivity index (χ0v) is 15.6. The third-order valence-electron chi connectivity index (χ3n) is 4.77. The van der Waals surface area contributed by atoms with E-state index in [0.717, 1.165) is 37.4 Å². The van der Waals surface area contributed by atoms with E-state index in [9.17, 15) is 4.79 Å². The van der Waals surface area contributed by atoms with E-state index in [0.29, 0.717) is 11.8 Å². The topological polar surface area (TPSA) is 29.5 Å². The van der Waals surface area contributed by atoms with Gasteiger partial charge in [0.1, 0.15) is 5.75 Å². The molecule has 0 saturated carbocycles. The van der Waals surface area contributed by atoms with E-state index in [1.165, 1.54) is 32.1 Å². The summed E-state index contributed by atoms with van der Waals surface area (Å²) in [6.45, 7) is 9.20. The molecule has 2 rings (SSSR count). The summed E-state index contributed by atoms with van der Waals surface area (Å²) in [7, 11) is 0. The maximum Gasteiger partial charge on any atom is 0.253 e. The number of rotatable bonds is 8. The van der Waals surface area contributed by atoms with Gasteiger partial charge in [0.15, 0.2) is 0 Å². The average molecular weight is 332 g/mol. The average Bonchev–Trinajstić information content (AvgIpc) is 2.57. The normalized spacial score (nSPS) is 20.9. The van der Waals surface area contributed by atoms with Crippen LogP contribution >= 0.6 is 0 Å². The quantitative estimate of drug-likeness (QED) is 0.616. The molecule has 2 atom stereocenters. The first-order valence-corrected chi connectivity index (χ1v) is 9.62. The third-order valence-corrected chi connectivity index (χ3v) is 4.77. The maximum absolute atomic E-state index is 12.6. The zero-order chi connectivity index (χ0) is 17.4. The Morgan fingerprint density at radius 2 is 1.67 bits per heavy atom.